The lowest BCUT2D eigenvalue weighted by molar-refractivity contribution is 0.164. The summed E-state index contributed by atoms with van der Waals surface area (Å²) in [6.45, 7) is 7.31. The fraction of sp³-hybridized carbons (Fsp3) is 0.769. The first-order valence-corrected chi connectivity index (χ1v) is 5.65. The molecular weight excluding hydrogens is 186 g/mol. The third kappa shape index (κ3) is 1.29. The third-order valence-electron chi connectivity index (χ3n) is 4.83. The molecule has 0 amide bonds. The largest absolute Gasteiger partial charge is 0.383 e. The highest BCUT2D eigenvalue weighted by Crippen LogP contribution is 2.63. The van der Waals surface area contributed by atoms with E-state index in [-0.39, 0.29) is 12.0 Å². The number of rotatable bonds is 2. The molecule has 0 aliphatic heterocycles. The van der Waals surface area contributed by atoms with Gasteiger partial charge in [0.15, 0.2) is 6.61 Å². The lowest BCUT2D eigenvalue weighted by Crippen LogP contribution is -2.32. The van der Waals surface area contributed by atoms with Crippen LogP contribution in [0.25, 0.3) is 0 Å². The van der Waals surface area contributed by atoms with Gasteiger partial charge in [-0.3, -0.25) is 0 Å². The van der Waals surface area contributed by atoms with Crippen LogP contribution in [0.4, 0.5) is 0 Å². The number of fused-ring (bicyclic) bond motifs is 2. The highest BCUT2D eigenvalue weighted by atomic mass is 16.6. The quantitative estimate of drug-likeness (QED) is 0.386. The molecule has 2 fully saturated rings. The van der Waals surface area contributed by atoms with Crippen molar-refractivity contribution in [2.45, 2.75) is 40.0 Å². The SMILES string of the molecule is C#CCO/N=C1/C[C@H]2CC[C@]1(C)C2(C)C. The summed E-state index contributed by atoms with van der Waals surface area (Å²) in [4.78, 5) is 5.13. The molecule has 2 heteroatoms. The Kier molecular flexibility index (Phi) is 2.30. The molecule has 0 heterocycles. The molecule has 0 aromatic rings. The third-order valence-corrected chi connectivity index (χ3v) is 4.83. The molecule has 2 aliphatic rings. The average molecular weight is 205 g/mol. The van der Waals surface area contributed by atoms with Crippen LogP contribution in [0.15, 0.2) is 5.16 Å². The van der Waals surface area contributed by atoms with Crippen LogP contribution in [0.2, 0.25) is 0 Å². The molecule has 2 bridgehead atoms. The topological polar surface area (TPSA) is 21.6 Å². The van der Waals surface area contributed by atoms with Crippen LogP contribution in [0, 0.1) is 29.1 Å². The van der Waals surface area contributed by atoms with Crippen LogP contribution in [-0.4, -0.2) is 12.3 Å². The zero-order valence-electron chi connectivity index (χ0n) is 9.84. The summed E-state index contributed by atoms with van der Waals surface area (Å²) in [5.41, 5.74) is 1.82. The molecule has 0 radical (unpaired) electrons. The maximum absolute atomic E-state index is 5.13. The van der Waals surface area contributed by atoms with Gasteiger partial charge in [-0.15, -0.1) is 6.42 Å². The standard InChI is InChI=1S/C13H19NO/c1-5-8-15-14-11-9-10-6-7-13(11,4)12(10,2)3/h1,10H,6-9H2,2-4H3/b14-11-/t10-,13+/m1/s1. The van der Waals surface area contributed by atoms with Crippen molar-refractivity contribution in [3.05, 3.63) is 0 Å². The van der Waals surface area contributed by atoms with Gasteiger partial charge in [0.05, 0.1) is 5.71 Å². The van der Waals surface area contributed by atoms with Gasteiger partial charge in [-0.25, -0.2) is 0 Å². The fourth-order valence-electron chi connectivity index (χ4n) is 3.21. The van der Waals surface area contributed by atoms with Crippen molar-refractivity contribution in [2.75, 3.05) is 6.61 Å². The van der Waals surface area contributed by atoms with Gasteiger partial charge in [-0.05, 0) is 30.6 Å². The Morgan fingerprint density at radius 1 is 1.53 bits per heavy atom. The van der Waals surface area contributed by atoms with Gasteiger partial charge < -0.3 is 4.84 Å². The van der Waals surface area contributed by atoms with Crippen molar-refractivity contribution in [3.8, 4) is 12.3 Å². The molecule has 0 spiro atoms. The van der Waals surface area contributed by atoms with Gasteiger partial charge in [0, 0.05) is 5.41 Å². The Morgan fingerprint density at radius 2 is 2.27 bits per heavy atom. The van der Waals surface area contributed by atoms with Gasteiger partial charge in [-0.2, -0.15) is 0 Å². The van der Waals surface area contributed by atoms with E-state index < -0.39 is 0 Å². The minimum absolute atomic E-state index is 0.228. The molecule has 0 aromatic carbocycles. The van der Waals surface area contributed by atoms with E-state index in [2.05, 4.69) is 31.8 Å². The first-order chi connectivity index (χ1) is 7.02. The van der Waals surface area contributed by atoms with Crippen molar-refractivity contribution in [2.24, 2.45) is 21.9 Å². The second-order valence-corrected chi connectivity index (χ2v) is 5.51. The molecule has 2 saturated carbocycles. The first kappa shape index (κ1) is 10.5. The second-order valence-electron chi connectivity index (χ2n) is 5.51. The van der Waals surface area contributed by atoms with E-state index in [4.69, 9.17) is 11.3 Å². The summed E-state index contributed by atoms with van der Waals surface area (Å²) < 4.78 is 0. The number of oxime groups is 1. The van der Waals surface area contributed by atoms with Crippen molar-refractivity contribution >= 4 is 5.71 Å². The fourth-order valence-corrected chi connectivity index (χ4v) is 3.21. The molecule has 0 saturated heterocycles. The molecule has 2 nitrogen and oxygen atoms in total. The Bertz CT molecular complexity index is 337. The maximum atomic E-state index is 5.13. The lowest BCUT2D eigenvalue weighted by atomic mass is 9.70. The Morgan fingerprint density at radius 3 is 2.73 bits per heavy atom. The van der Waals surface area contributed by atoms with E-state index in [1.807, 2.05) is 0 Å². The summed E-state index contributed by atoms with van der Waals surface area (Å²) in [5, 5.41) is 4.24. The molecular formula is C13H19NO. The number of nitrogens with zero attached hydrogens (tertiary/aromatic N) is 1. The van der Waals surface area contributed by atoms with Crippen LogP contribution in [0.3, 0.4) is 0 Å². The van der Waals surface area contributed by atoms with Crippen molar-refractivity contribution < 1.29 is 4.84 Å². The Labute approximate surface area is 92.1 Å². The van der Waals surface area contributed by atoms with Crippen LogP contribution in [-0.2, 0) is 4.84 Å². The molecule has 0 N–H and O–H groups in total. The van der Waals surface area contributed by atoms with Gasteiger partial charge in [0.25, 0.3) is 0 Å². The zero-order valence-corrected chi connectivity index (χ0v) is 9.84. The summed E-state index contributed by atoms with van der Waals surface area (Å²) in [7, 11) is 0. The van der Waals surface area contributed by atoms with Crippen LogP contribution < -0.4 is 0 Å². The van der Waals surface area contributed by atoms with E-state index in [0.717, 1.165) is 12.3 Å². The number of terminal acetylenes is 1. The van der Waals surface area contributed by atoms with E-state index in [1.165, 1.54) is 18.6 Å². The average Bonchev–Trinajstić information content (AvgIpc) is 2.51. The van der Waals surface area contributed by atoms with E-state index >= 15 is 0 Å². The van der Waals surface area contributed by atoms with Gasteiger partial charge >= 0.3 is 0 Å². The van der Waals surface area contributed by atoms with Gasteiger partial charge in [0.2, 0.25) is 0 Å². The first-order valence-electron chi connectivity index (χ1n) is 5.65. The monoisotopic (exact) mass is 205 g/mol. The molecule has 2 rings (SSSR count). The molecule has 2 atom stereocenters. The van der Waals surface area contributed by atoms with E-state index in [9.17, 15) is 0 Å². The van der Waals surface area contributed by atoms with Gasteiger partial charge in [0.1, 0.15) is 0 Å². The van der Waals surface area contributed by atoms with E-state index in [1.54, 1.807) is 0 Å². The molecule has 82 valence electrons. The molecule has 0 unspecified atom stereocenters. The van der Waals surface area contributed by atoms with Crippen molar-refractivity contribution in [1.82, 2.24) is 0 Å². The predicted molar refractivity (Wildman–Crippen MR) is 61.4 cm³/mol. The predicted octanol–water partition coefficient (Wildman–Crippen LogP) is 2.84. The zero-order chi connectivity index (χ0) is 11.1. The normalized spacial score (nSPS) is 39.3. The summed E-state index contributed by atoms with van der Waals surface area (Å²) in [6.07, 6.45) is 8.79. The smallest absolute Gasteiger partial charge is 0.177 e. The summed E-state index contributed by atoms with van der Waals surface area (Å²) >= 11 is 0. The molecule has 15 heavy (non-hydrogen) atoms. The van der Waals surface area contributed by atoms with Crippen LogP contribution in [0.1, 0.15) is 40.0 Å². The van der Waals surface area contributed by atoms with Gasteiger partial charge in [-0.1, -0.05) is 31.8 Å². The summed E-state index contributed by atoms with van der Waals surface area (Å²) in [6, 6.07) is 0. The minimum Gasteiger partial charge on any atom is -0.383 e. The Hall–Kier alpha value is -0.970. The highest BCUT2D eigenvalue weighted by Gasteiger charge is 2.60. The molecule has 0 aromatic heterocycles. The van der Waals surface area contributed by atoms with Crippen molar-refractivity contribution in [1.29, 1.82) is 0 Å². The maximum Gasteiger partial charge on any atom is 0.177 e. The molecule has 2 aliphatic carbocycles. The van der Waals surface area contributed by atoms with E-state index in [0.29, 0.717) is 5.41 Å². The van der Waals surface area contributed by atoms with Crippen LogP contribution >= 0.6 is 0 Å². The van der Waals surface area contributed by atoms with Crippen molar-refractivity contribution in [3.63, 3.8) is 0 Å². The second kappa shape index (κ2) is 3.27. The number of hydrogen-bond acceptors (Lipinski definition) is 2. The Balaban J connectivity index is 2.19. The lowest BCUT2D eigenvalue weighted by Gasteiger charge is -2.34. The summed E-state index contributed by atoms with van der Waals surface area (Å²) in [5.74, 6) is 3.21. The highest BCUT2D eigenvalue weighted by molar-refractivity contribution is 5.93. The number of hydrogen-bond donors (Lipinski definition) is 0. The van der Waals surface area contributed by atoms with Crippen LogP contribution in [0.5, 0.6) is 0 Å². The minimum atomic E-state index is 0.228.